The maximum absolute atomic E-state index is 2.46. The third kappa shape index (κ3) is 5.02. The number of fused-ring (bicyclic) bond motifs is 7. The molecule has 0 unspecified atom stereocenters. The average molecular weight is 679 g/mol. The first-order valence-electron chi connectivity index (χ1n) is 18.4. The molecule has 1 aromatic heterocycles. The Morgan fingerprint density at radius 1 is 0.415 bits per heavy atom. The van der Waals surface area contributed by atoms with Gasteiger partial charge in [0.15, 0.2) is 0 Å². The van der Waals surface area contributed by atoms with Gasteiger partial charge in [0.25, 0.3) is 0 Å². The van der Waals surface area contributed by atoms with Gasteiger partial charge >= 0.3 is 0 Å². The number of anilines is 3. The summed E-state index contributed by atoms with van der Waals surface area (Å²) in [5.41, 5.74) is 17.1. The van der Waals surface area contributed by atoms with E-state index in [9.17, 15) is 0 Å². The molecule has 0 spiro atoms. The molecular weight excluding hydrogens is 641 g/mol. The van der Waals surface area contributed by atoms with Crippen molar-refractivity contribution in [2.24, 2.45) is 0 Å². The molecule has 53 heavy (non-hydrogen) atoms. The lowest BCUT2D eigenvalue weighted by Crippen LogP contribution is -2.15. The van der Waals surface area contributed by atoms with E-state index in [1.807, 2.05) is 0 Å². The zero-order chi connectivity index (χ0) is 35.5. The van der Waals surface area contributed by atoms with Crippen LogP contribution in [0.15, 0.2) is 194 Å². The Balaban J connectivity index is 1.14. The van der Waals surface area contributed by atoms with E-state index >= 15 is 0 Å². The summed E-state index contributed by atoms with van der Waals surface area (Å²) in [6.45, 7) is 4.77. The minimum atomic E-state index is -0.114. The van der Waals surface area contributed by atoms with Crippen molar-refractivity contribution in [3.63, 3.8) is 0 Å². The second-order valence-electron chi connectivity index (χ2n) is 14.6. The maximum atomic E-state index is 2.46. The lowest BCUT2D eigenvalue weighted by atomic mass is 9.80. The Hall–Kier alpha value is -6.64. The summed E-state index contributed by atoms with van der Waals surface area (Å²) in [4.78, 5) is 2.37. The van der Waals surface area contributed by atoms with E-state index in [-0.39, 0.29) is 5.41 Å². The highest BCUT2D eigenvalue weighted by molar-refractivity contribution is 6.14. The molecule has 2 nitrogen and oxygen atoms in total. The summed E-state index contributed by atoms with van der Waals surface area (Å²) in [5, 5.41) is 2.63. The van der Waals surface area contributed by atoms with Crippen molar-refractivity contribution < 1.29 is 0 Å². The lowest BCUT2D eigenvalue weighted by Gasteiger charge is -2.27. The fraction of sp³-hybridized carbons (Fsp3) is 0.0588. The Kier molecular flexibility index (Phi) is 7.19. The van der Waals surface area contributed by atoms with Gasteiger partial charge in [-0.1, -0.05) is 153 Å². The Labute approximate surface area is 310 Å². The van der Waals surface area contributed by atoms with E-state index in [1.165, 1.54) is 66.3 Å². The van der Waals surface area contributed by atoms with Gasteiger partial charge in [-0.25, -0.2) is 0 Å². The van der Waals surface area contributed by atoms with Crippen molar-refractivity contribution in [3.05, 3.63) is 205 Å². The van der Waals surface area contributed by atoms with E-state index in [1.54, 1.807) is 0 Å². The minimum absolute atomic E-state index is 0.114. The van der Waals surface area contributed by atoms with E-state index in [4.69, 9.17) is 0 Å². The zero-order valence-corrected chi connectivity index (χ0v) is 29.9. The van der Waals surface area contributed by atoms with Gasteiger partial charge in [-0.3, -0.25) is 0 Å². The summed E-state index contributed by atoms with van der Waals surface area (Å²) in [6.07, 6.45) is 0. The van der Waals surface area contributed by atoms with Crippen molar-refractivity contribution >= 4 is 38.9 Å². The number of nitrogens with zero attached hydrogens (tertiary/aromatic N) is 2. The molecule has 1 aliphatic rings. The molecule has 0 fully saturated rings. The van der Waals surface area contributed by atoms with E-state index in [0.717, 1.165) is 22.7 Å². The molecule has 1 aliphatic carbocycles. The highest BCUT2D eigenvalue weighted by Gasteiger charge is 2.38. The fourth-order valence-electron chi connectivity index (χ4n) is 8.70. The van der Waals surface area contributed by atoms with Gasteiger partial charge in [-0.2, -0.15) is 0 Å². The van der Waals surface area contributed by atoms with E-state index in [2.05, 4.69) is 217 Å². The van der Waals surface area contributed by atoms with Crippen LogP contribution in [0.25, 0.3) is 60.9 Å². The number of rotatable bonds is 6. The monoisotopic (exact) mass is 678 g/mol. The van der Waals surface area contributed by atoms with Crippen LogP contribution in [0.2, 0.25) is 0 Å². The van der Waals surface area contributed by atoms with Crippen LogP contribution in [0, 0.1) is 0 Å². The Morgan fingerprint density at radius 2 is 0.981 bits per heavy atom. The van der Waals surface area contributed by atoms with Crippen molar-refractivity contribution in [3.8, 4) is 39.1 Å². The summed E-state index contributed by atoms with van der Waals surface area (Å²) in [7, 11) is 0. The van der Waals surface area contributed by atoms with Crippen molar-refractivity contribution in [1.82, 2.24) is 4.57 Å². The summed E-state index contributed by atoms with van der Waals surface area (Å²) >= 11 is 0. The number of benzene rings is 8. The highest BCUT2D eigenvalue weighted by atomic mass is 15.1. The summed E-state index contributed by atoms with van der Waals surface area (Å²) in [5.74, 6) is 0. The molecule has 0 N–H and O–H groups in total. The quantitative estimate of drug-likeness (QED) is 0.170. The summed E-state index contributed by atoms with van der Waals surface area (Å²) in [6, 6.07) is 70.6. The fourth-order valence-corrected chi connectivity index (χ4v) is 8.70. The van der Waals surface area contributed by atoms with Crippen LogP contribution < -0.4 is 4.90 Å². The molecule has 0 amide bonds. The molecule has 0 atom stereocenters. The highest BCUT2D eigenvalue weighted by Crippen LogP contribution is 2.53. The Bertz CT molecular complexity index is 2690. The van der Waals surface area contributed by atoms with Gasteiger partial charge in [0.1, 0.15) is 0 Å². The normalized spacial score (nSPS) is 12.9. The molecule has 2 heteroatoms. The largest absolute Gasteiger partial charge is 0.310 e. The standard InChI is InChI=1S/C51H38N2/c1-51(2)46-22-11-9-20-43(46)44-32-33-48-49(50(44)51)45-21-10-12-23-47(45)53(48)42-19-13-18-41(34-42)52(39-28-24-37(25-29-39)35-14-5-3-6-15-35)40-30-26-38(27-31-40)36-16-7-4-8-17-36/h3-34H,1-2H3. The molecule has 0 bridgehead atoms. The van der Waals surface area contributed by atoms with Crippen LogP contribution in [0.1, 0.15) is 25.0 Å². The van der Waals surface area contributed by atoms with Crippen LogP contribution in [-0.2, 0) is 5.41 Å². The van der Waals surface area contributed by atoms with Gasteiger partial charge < -0.3 is 9.47 Å². The first-order valence-corrected chi connectivity index (χ1v) is 18.4. The first-order chi connectivity index (χ1) is 26.1. The molecule has 1 heterocycles. The third-order valence-corrected chi connectivity index (χ3v) is 11.2. The predicted molar refractivity (Wildman–Crippen MR) is 224 cm³/mol. The molecule has 0 saturated heterocycles. The van der Waals surface area contributed by atoms with Gasteiger partial charge in [-0.15, -0.1) is 0 Å². The number of aromatic nitrogens is 1. The van der Waals surface area contributed by atoms with Crippen molar-refractivity contribution in [2.75, 3.05) is 4.90 Å². The maximum Gasteiger partial charge on any atom is 0.0544 e. The van der Waals surface area contributed by atoms with Crippen LogP contribution in [0.3, 0.4) is 0 Å². The molecule has 252 valence electrons. The SMILES string of the molecule is CC1(C)c2ccccc2-c2ccc3c(c21)c1ccccc1n3-c1cccc(N(c2ccc(-c3ccccc3)cc2)c2ccc(-c3ccccc3)cc2)c1. The number of para-hydroxylation sites is 1. The molecule has 0 radical (unpaired) electrons. The van der Waals surface area contributed by atoms with Gasteiger partial charge in [0, 0.05) is 38.9 Å². The third-order valence-electron chi connectivity index (χ3n) is 11.2. The molecule has 0 saturated carbocycles. The van der Waals surface area contributed by atoms with Crippen LogP contribution in [-0.4, -0.2) is 4.57 Å². The molecule has 0 aliphatic heterocycles. The zero-order valence-electron chi connectivity index (χ0n) is 29.9. The first kappa shape index (κ1) is 31.1. The number of hydrogen-bond donors (Lipinski definition) is 0. The smallest absolute Gasteiger partial charge is 0.0544 e. The number of hydrogen-bond acceptors (Lipinski definition) is 1. The minimum Gasteiger partial charge on any atom is -0.310 e. The van der Waals surface area contributed by atoms with Crippen LogP contribution in [0.5, 0.6) is 0 Å². The molecule has 10 rings (SSSR count). The Morgan fingerprint density at radius 3 is 1.64 bits per heavy atom. The van der Waals surface area contributed by atoms with Crippen LogP contribution in [0.4, 0.5) is 17.1 Å². The molecule has 9 aromatic rings. The summed E-state index contributed by atoms with van der Waals surface area (Å²) < 4.78 is 2.46. The van der Waals surface area contributed by atoms with Gasteiger partial charge in [0.2, 0.25) is 0 Å². The van der Waals surface area contributed by atoms with Crippen molar-refractivity contribution in [1.29, 1.82) is 0 Å². The predicted octanol–water partition coefficient (Wildman–Crippen LogP) is 13.9. The lowest BCUT2D eigenvalue weighted by molar-refractivity contribution is 0.666. The second-order valence-corrected chi connectivity index (χ2v) is 14.6. The van der Waals surface area contributed by atoms with Gasteiger partial charge in [-0.05, 0) is 99.1 Å². The van der Waals surface area contributed by atoms with Crippen molar-refractivity contribution in [2.45, 2.75) is 19.3 Å². The van der Waals surface area contributed by atoms with E-state index < -0.39 is 0 Å². The average Bonchev–Trinajstić information content (AvgIpc) is 3.68. The molecular formula is C51H38N2. The topological polar surface area (TPSA) is 8.17 Å². The molecule has 8 aromatic carbocycles. The van der Waals surface area contributed by atoms with Gasteiger partial charge in [0.05, 0.1) is 11.0 Å². The second kappa shape index (κ2) is 12.3. The van der Waals surface area contributed by atoms with Crippen LogP contribution >= 0.6 is 0 Å². The van der Waals surface area contributed by atoms with E-state index in [0.29, 0.717) is 0 Å².